The van der Waals surface area contributed by atoms with E-state index in [0.717, 1.165) is 17.8 Å². The van der Waals surface area contributed by atoms with Crippen LogP contribution in [0.5, 0.6) is 0 Å². The third-order valence-corrected chi connectivity index (χ3v) is 2.73. The minimum Gasteiger partial charge on any atom is -0.463 e. The van der Waals surface area contributed by atoms with Crippen molar-refractivity contribution in [2.45, 2.75) is 13.5 Å². The van der Waals surface area contributed by atoms with Crippen LogP contribution in [0.4, 0.5) is 0 Å². The second kappa shape index (κ2) is 6.04. The third-order valence-electron chi connectivity index (χ3n) is 2.73. The number of ether oxygens (including phenoxy) is 1. The Hall–Kier alpha value is -2.30. The van der Waals surface area contributed by atoms with Gasteiger partial charge in [-0.05, 0) is 24.6 Å². The zero-order valence-corrected chi connectivity index (χ0v) is 11.1. The summed E-state index contributed by atoms with van der Waals surface area (Å²) >= 11 is 0. The molecular formula is C14H17N3O2. The monoisotopic (exact) mass is 259 g/mol. The summed E-state index contributed by atoms with van der Waals surface area (Å²) in [5.74, 6) is -0.317. The van der Waals surface area contributed by atoms with Crippen LogP contribution in [-0.2, 0) is 23.1 Å². The van der Waals surface area contributed by atoms with Crippen molar-refractivity contribution in [3.63, 3.8) is 0 Å². The quantitative estimate of drug-likeness (QED) is 0.608. The molecule has 0 radical (unpaired) electrons. The summed E-state index contributed by atoms with van der Waals surface area (Å²) in [6.07, 6.45) is 10.6. The Morgan fingerprint density at radius 1 is 1.53 bits per heavy atom. The highest BCUT2D eigenvalue weighted by Gasteiger charge is 2.02. The molecule has 0 bridgehead atoms. The standard InChI is InChI=1S/C14H17N3O2/c1-3-19-14(18)5-4-12-8-13(16(2)9-12)10-17-7-6-15-11-17/h4-9,11H,3,10H2,1-2H3/b5-4+. The molecule has 2 heterocycles. The smallest absolute Gasteiger partial charge is 0.330 e. The number of aryl methyl sites for hydroxylation is 1. The van der Waals surface area contributed by atoms with Gasteiger partial charge in [-0.15, -0.1) is 0 Å². The predicted molar refractivity (Wildman–Crippen MR) is 72.4 cm³/mol. The van der Waals surface area contributed by atoms with Crippen molar-refractivity contribution in [2.24, 2.45) is 7.05 Å². The molecule has 5 nitrogen and oxygen atoms in total. The number of carbonyl (C=O) groups excluding carboxylic acids is 1. The van der Waals surface area contributed by atoms with Crippen molar-refractivity contribution in [3.8, 4) is 0 Å². The molecule has 2 aromatic heterocycles. The van der Waals surface area contributed by atoms with Crippen LogP contribution in [0, 0.1) is 0 Å². The van der Waals surface area contributed by atoms with E-state index in [1.54, 1.807) is 25.5 Å². The Balaban J connectivity index is 2.06. The minimum atomic E-state index is -0.317. The second-order valence-corrected chi connectivity index (χ2v) is 4.20. The predicted octanol–water partition coefficient (Wildman–Crippen LogP) is 1.85. The summed E-state index contributed by atoms with van der Waals surface area (Å²) in [6, 6.07) is 2.04. The van der Waals surface area contributed by atoms with Gasteiger partial charge in [0, 0.05) is 37.4 Å². The first-order valence-electron chi connectivity index (χ1n) is 6.15. The summed E-state index contributed by atoms with van der Waals surface area (Å²) in [5.41, 5.74) is 2.12. The molecule has 0 N–H and O–H groups in total. The summed E-state index contributed by atoms with van der Waals surface area (Å²) in [4.78, 5) is 15.2. The summed E-state index contributed by atoms with van der Waals surface area (Å²) in [6.45, 7) is 2.94. The van der Waals surface area contributed by atoms with Crippen molar-refractivity contribution >= 4 is 12.0 Å². The average molecular weight is 259 g/mol. The molecule has 19 heavy (non-hydrogen) atoms. The molecule has 0 unspecified atom stereocenters. The molecule has 0 spiro atoms. The van der Waals surface area contributed by atoms with E-state index in [2.05, 4.69) is 4.98 Å². The minimum absolute atomic E-state index is 0.317. The van der Waals surface area contributed by atoms with Crippen LogP contribution in [0.3, 0.4) is 0 Å². The highest BCUT2D eigenvalue weighted by atomic mass is 16.5. The van der Waals surface area contributed by atoms with Gasteiger partial charge >= 0.3 is 5.97 Å². The number of hydrogen-bond donors (Lipinski definition) is 0. The van der Waals surface area contributed by atoms with Crippen LogP contribution in [0.2, 0.25) is 0 Å². The summed E-state index contributed by atoms with van der Waals surface area (Å²) in [7, 11) is 1.98. The highest BCUT2D eigenvalue weighted by Crippen LogP contribution is 2.10. The Kier molecular flexibility index (Phi) is 4.18. The molecule has 0 aliphatic heterocycles. The van der Waals surface area contributed by atoms with E-state index >= 15 is 0 Å². The zero-order chi connectivity index (χ0) is 13.7. The van der Waals surface area contributed by atoms with Crippen LogP contribution < -0.4 is 0 Å². The van der Waals surface area contributed by atoms with Crippen LogP contribution in [-0.4, -0.2) is 26.7 Å². The Morgan fingerprint density at radius 3 is 3.05 bits per heavy atom. The van der Waals surface area contributed by atoms with Crippen molar-refractivity contribution in [1.82, 2.24) is 14.1 Å². The van der Waals surface area contributed by atoms with Gasteiger partial charge in [-0.1, -0.05) is 0 Å². The lowest BCUT2D eigenvalue weighted by Gasteiger charge is -2.02. The van der Waals surface area contributed by atoms with Crippen molar-refractivity contribution in [1.29, 1.82) is 0 Å². The Morgan fingerprint density at radius 2 is 2.37 bits per heavy atom. The molecule has 2 rings (SSSR count). The van der Waals surface area contributed by atoms with Gasteiger partial charge < -0.3 is 13.9 Å². The fraction of sp³-hybridized carbons (Fsp3) is 0.286. The molecule has 5 heteroatoms. The van der Waals surface area contributed by atoms with Gasteiger partial charge in [0.1, 0.15) is 0 Å². The number of hydrogen-bond acceptors (Lipinski definition) is 3. The summed E-state index contributed by atoms with van der Waals surface area (Å²) in [5, 5.41) is 0. The molecule has 0 aromatic carbocycles. The van der Waals surface area contributed by atoms with E-state index in [1.807, 2.05) is 34.6 Å². The molecule has 0 atom stereocenters. The third kappa shape index (κ3) is 3.58. The molecule has 0 aliphatic carbocycles. The maximum absolute atomic E-state index is 11.2. The van der Waals surface area contributed by atoms with E-state index in [-0.39, 0.29) is 5.97 Å². The first kappa shape index (κ1) is 13.1. The number of esters is 1. The van der Waals surface area contributed by atoms with E-state index in [9.17, 15) is 4.79 Å². The lowest BCUT2D eigenvalue weighted by Crippen LogP contribution is -2.01. The van der Waals surface area contributed by atoms with E-state index in [4.69, 9.17) is 4.74 Å². The largest absolute Gasteiger partial charge is 0.463 e. The number of nitrogens with zero attached hydrogens (tertiary/aromatic N) is 3. The Bertz CT molecular complexity index is 568. The van der Waals surface area contributed by atoms with E-state index in [0.29, 0.717) is 6.61 Å². The Labute approximate surface area is 112 Å². The topological polar surface area (TPSA) is 49.1 Å². The first-order valence-corrected chi connectivity index (χ1v) is 6.15. The fourth-order valence-electron chi connectivity index (χ4n) is 1.81. The van der Waals surface area contributed by atoms with Gasteiger partial charge in [-0.25, -0.2) is 9.78 Å². The van der Waals surface area contributed by atoms with Gasteiger partial charge in [0.2, 0.25) is 0 Å². The molecule has 0 saturated heterocycles. The van der Waals surface area contributed by atoms with E-state index in [1.165, 1.54) is 6.08 Å². The van der Waals surface area contributed by atoms with Gasteiger partial charge in [0.15, 0.2) is 0 Å². The highest BCUT2D eigenvalue weighted by molar-refractivity contribution is 5.87. The molecule has 0 aliphatic rings. The van der Waals surface area contributed by atoms with Crippen LogP contribution >= 0.6 is 0 Å². The molecule has 2 aromatic rings. The first-order chi connectivity index (χ1) is 9.19. The van der Waals surface area contributed by atoms with Gasteiger partial charge in [-0.2, -0.15) is 0 Å². The van der Waals surface area contributed by atoms with Crippen LogP contribution in [0.1, 0.15) is 18.2 Å². The molecule has 100 valence electrons. The number of rotatable bonds is 5. The van der Waals surface area contributed by atoms with Gasteiger partial charge in [-0.3, -0.25) is 0 Å². The molecule has 0 amide bonds. The maximum atomic E-state index is 11.2. The van der Waals surface area contributed by atoms with Crippen molar-refractivity contribution in [2.75, 3.05) is 6.61 Å². The number of imidazole rings is 1. The lowest BCUT2D eigenvalue weighted by atomic mass is 10.3. The second-order valence-electron chi connectivity index (χ2n) is 4.20. The normalized spacial score (nSPS) is 11.1. The van der Waals surface area contributed by atoms with Crippen LogP contribution in [0.15, 0.2) is 37.1 Å². The number of carbonyl (C=O) groups is 1. The van der Waals surface area contributed by atoms with Gasteiger partial charge in [0.25, 0.3) is 0 Å². The van der Waals surface area contributed by atoms with Crippen LogP contribution in [0.25, 0.3) is 6.08 Å². The number of aromatic nitrogens is 3. The fourth-order valence-corrected chi connectivity index (χ4v) is 1.81. The van der Waals surface area contributed by atoms with Gasteiger partial charge in [0.05, 0.1) is 19.5 Å². The van der Waals surface area contributed by atoms with Crippen molar-refractivity contribution < 1.29 is 9.53 Å². The molecular weight excluding hydrogens is 242 g/mol. The van der Waals surface area contributed by atoms with E-state index < -0.39 is 0 Å². The summed E-state index contributed by atoms with van der Waals surface area (Å²) < 4.78 is 8.87. The molecule has 0 saturated carbocycles. The lowest BCUT2D eigenvalue weighted by molar-refractivity contribution is -0.137. The maximum Gasteiger partial charge on any atom is 0.330 e. The molecule has 0 fully saturated rings. The SMILES string of the molecule is CCOC(=O)/C=C/c1cc(Cn2ccnc2)n(C)c1. The zero-order valence-electron chi connectivity index (χ0n) is 11.1. The van der Waals surface area contributed by atoms with Crippen molar-refractivity contribution in [3.05, 3.63) is 48.3 Å². The average Bonchev–Trinajstić information content (AvgIpc) is 2.99.